The van der Waals surface area contributed by atoms with Crippen molar-refractivity contribution >= 4 is 17.9 Å². The predicted molar refractivity (Wildman–Crippen MR) is 34.5 cm³/mol. The maximum atomic E-state index is 10.3. The van der Waals surface area contributed by atoms with Crippen LogP contribution in [0.3, 0.4) is 0 Å². The van der Waals surface area contributed by atoms with Crippen molar-refractivity contribution in [2.75, 3.05) is 0 Å². The summed E-state index contributed by atoms with van der Waals surface area (Å²) in [6.07, 6.45) is -2.44. The zero-order chi connectivity index (χ0) is 10.6. The summed E-state index contributed by atoms with van der Waals surface area (Å²) >= 11 is 0. The molecule has 0 aliphatic rings. The molecule has 0 radical (unpaired) electrons. The van der Waals surface area contributed by atoms with Crippen LogP contribution < -0.4 is 98.5 Å². The van der Waals surface area contributed by atoms with E-state index in [-0.39, 0.29) is 93.3 Å². The molecule has 0 aromatic rings. The number of carbonyl (C=O) groups excluding carboxylic acids is 1. The fourth-order valence-electron chi connectivity index (χ4n) is 0.703. The first-order chi connectivity index (χ1) is 5.78. The Kier molecular flexibility index (Phi) is 18.5. The van der Waals surface area contributed by atoms with Crippen molar-refractivity contribution in [3.05, 3.63) is 0 Å². The number of carboxylic acids is 3. The number of aliphatic hydroxyl groups is 1. The molecule has 1 atom stereocenters. The maximum Gasteiger partial charge on any atom is 1.00 e. The minimum atomic E-state index is -2.80. The zero-order valence-electron chi connectivity index (χ0n) is 8.77. The van der Waals surface area contributed by atoms with Crippen molar-refractivity contribution in [2.45, 2.75) is 18.4 Å². The summed E-state index contributed by atoms with van der Waals surface area (Å²) < 4.78 is 0. The van der Waals surface area contributed by atoms with Crippen molar-refractivity contribution in [3.63, 3.8) is 0 Å². The van der Waals surface area contributed by atoms with Gasteiger partial charge in [0.15, 0.2) is 5.60 Å². The van der Waals surface area contributed by atoms with Crippen LogP contribution in [0.15, 0.2) is 0 Å². The van der Waals surface area contributed by atoms with Crippen LogP contribution in [0, 0.1) is 0 Å². The minimum Gasteiger partial charge on any atom is -1.00 e. The Bertz CT molecular complexity index is 243. The van der Waals surface area contributed by atoms with E-state index in [9.17, 15) is 19.5 Å². The van der Waals surface area contributed by atoms with E-state index in [2.05, 4.69) is 0 Å². The summed E-state index contributed by atoms with van der Waals surface area (Å²) in [6.45, 7) is 0. The predicted octanol–water partition coefficient (Wildman–Crippen LogP) is -11.6. The second-order valence-electron chi connectivity index (χ2n) is 2.46. The van der Waals surface area contributed by atoms with Gasteiger partial charge in [0.1, 0.15) is 0 Å². The molecule has 0 aliphatic carbocycles. The first kappa shape index (κ1) is 26.0. The smallest absolute Gasteiger partial charge is 1.00 e. The molecule has 0 aromatic heterocycles. The first-order valence-electron chi connectivity index (χ1n) is 3.15. The second kappa shape index (κ2) is 11.4. The van der Waals surface area contributed by atoms with Crippen molar-refractivity contribution in [1.29, 1.82) is 0 Å². The molecule has 3 N–H and O–H groups in total. The molecule has 0 aliphatic heterocycles. The van der Waals surface area contributed by atoms with Gasteiger partial charge < -0.3 is 37.6 Å². The van der Waals surface area contributed by atoms with Gasteiger partial charge in [-0.15, -0.1) is 0 Å². The Balaban J connectivity index is -0.000000240. The van der Waals surface area contributed by atoms with E-state index in [1.165, 1.54) is 0 Å². The summed E-state index contributed by atoms with van der Waals surface area (Å²) in [6, 6.07) is 0. The van der Waals surface area contributed by atoms with Gasteiger partial charge in [0.25, 0.3) is 0 Å². The first-order valence-corrected chi connectivity index (χ1v) is 3.15. The summed E-state index contributed by atoms with van der Waals surface area (Å²) in [5.74, 6) is -5.34. The van der Waals surface area contributed by atoms with E-state index in [4.69, 9.17) is 15.3 Å². The Morgan fingerprint density at radius 2 is 1.50 bits per heavy atom. The van der Waals surface area contributed by atoms with Crippen molar-refractivity contribution < 1.29 is 128 Å². The van der Waals surface area contributed by atoms with Gasteiger partial charge in [-0.05, 0) is 0 Å². The van der Waals surface area contributed by atoms with Crippen molar-refractivity contribution in [3.8, 4) is 0 Å². The van der Waals surface area contributed by atoms with Gasteiger partial charge in [0.05, 0.1) is 6.42 Å². The Hall–Kier alpha value is 1.30. The molecule has 0 heterocycles. The SMILES string of the molecule is O=C([O-])CC(O)(CC(=O)O)C(=O)O.[Cl-].[K+].[Na+]. The minimum absolute atomic E-state index is 0. The van der Waals surface area contributed by atoms with Crippen LogP contribution in [0.5, 0.6) is 0 Å². The van der Waals surface area contributed by atoms with Gasteiger partial charge >= 0.3 is 92.9 Å². The van der Waals surface area contributed by atoms with Crippen LogP contribution in [0.4, 0.5) is 0 Å². The second-order valence-corrected chi connectivity index (χ2v) is 2.46. The number of rotatable bonds is 5. The monoisotopic (exact) mass is 288 g/mol. The third-order valence-corrected chi connectivity index (χ3v) is 1.28. The van der Waals surface area contributed by atoms with E-state index in [0.29, 0.717) is 0 Å². The summed E-state index contributed by atoms with van der Waals surface area (Å²) in [7, 11) is 0. The Labute approximate surface area is 162 Å². The van der Waals surface area contributed by atoms with E-state index >= 15 is 0 Å². The fraction of sp³-hybridized carbons (Fsp3) is 0.500. The van der Waals surface area contributed by atoms with Crippen LogP contribution in [-0.2, 0) is 14.4 Å². The average Bonchev–Trinajstić information content (AvgIpc) is 1.82. The van der Waals surface area contributed by atoms with Crippen molar-refractivity contribution in [1.82, 2.24) is 0 Å². The third kappa shape index (κ3) is 10.5. The molecule has 82 valence electrons. The standard InChI is InChI=1S/C6H8O7.ClH.K.Na/c7-3(8)1-6(13,5(11)12)2-4(9)10;;;/h13H,1-2H2,(H,7,8)(H,9,10)(H,11,12);1H;;/q;;2*+1/p-2. The van der Waals surface area contributed by atoms with Gasteiger partial charge in [-0.25, -0.2) is 4.79 Å². The quantitative estimate of drug-likeness (QED) is 0.427. The van der Waals surface area contributed by atoms with Gasteiger partial charge in [0.2, 0.25) is 0 Å². The Morgan fingerprint density at radius 1 is 1.12 bits per heavy atom. The normalized spacial score (nSPS) is 11.8. The molecular weight excluding hydrogens is 282 g/mol. The largest absolute Gasteiger partial charge is 1.00 e. The molecule has 7 nitrogen and oxygen atoms in total. The molecule has 0 saturated carbocycles. The van der Waals surface area contributed by atoms with Gasteiger partial charge in [-0.2, -0.15) is 0 Å². The molecule has 10 heteroatoms. The van der Waals surface area contributed by atoms with Crippen LogP contribution in [0.2, 0.25) is 0 Å². The molecule has 0 bridgehead atoms. The van der Waals surface area contributed by atoms with Crippen LogP contribution >= 0.6 is 0 Å². The molecule has 0 spiro atoms. The molecule has 0 rings (SSSR count). The number of hydrogen-bond acceptors (Lipinski definition) is 5. The van der Waals surface area contributed by atoms with E-state index in [0.717, 1.165) is 0 Å². The molecule has 1 unspecified atom stereocenters. The molecule has 0 amide bonds. The number of aliphatic carboxylic acids is 3. The number of halogens is 1. The van der Waals surface area contributed by atoms with Crippen LogP contribution in [-0.4, -0.2) is 38.8 Å². The number of hydrogen-bond donors (Lipinski definition) is 3. The van der Waals surface area contributed by atoms with E-state index in [1.54, 1.807) is 0 Å². The molecule has 0 aromatic carbocycles. The van der Waals surface area contributed by atoms with E-state index in [1.807, 2.05) is 0 Å². The summed E-state index contributed by atoms with van der Waals surface area (Å²) in [5.41, 5.74) is -2.80. The number of carboxylic acid groups (broad SMARTS) is 3. The van der Waals surface area contributed by atoms with E-state index < -0.39 is 36.4 Å². The summed E-state index contributed by atoms with van der Waals surface area (Å²) in [5, 5.41) is 35.5. The van der Waals surface area contributed by atoms with Crippen molar-refractivity contribution in [2.24, 2.45) is 0 Å². The average molecular weight is 289 g/mol. The molecule has 16 heavy (non-hydrogen) atoms. The van der Waals surface area contributed by atoms with Crippen LogP contribution in [0.25, 0.3) is 0 Å². The maximum absolute atomic E-state index is 10.3. The zero-order valence-corrected chi connectivity index (χ0v) is 14.6. The third-order valence-electron chi connectivity index (χ3n) is 1.28. The van der Waals surface area contributed by atoms with Gasteiger partial charge in [-0.1, -0.05) is 0 Å². The molecule has 0 fully saturated rings. The number of carbonyl (C=O) groups is 3. The molecular formula is C6H7ClKNaO7. The van der Waals surface area contributed by atoms with Crippen LogP contribution in [0.1, 0.15) is 12.8 Å². The topological polar surface area (TPSA) is 135 Å². The van der Waals surface area contributed by atoms with Gasteiger partial charge in [0, 0.05) is 12.4 Å². The Morgan fingerprint density at radius 3 is 1.69 bits per heavy atom. The molecule has 0 saturated heterocycles. The fourth-order valence-corrected chi connectivity index (χ4v) is 0.703. The summed E-state index contributed by atoms with van der Waals surface area (Å²) in [4.78, 5) is 30.3. The van der Waals surface area contributed by atoms with Gasteiger partial charge in [-0.3, -0.25) is 4.79 Å².